The maximum Gasteiger partial charge on any atom is 0.328 e. The summed E-state index contributed by atoms with van der Waals surface area (Å²) in [7, 11) is 1.87. The summed E-state index contributed by atoms with van der Waals surface area (Å²) in [6, 6.07) is 3.87. The number of rotatable bonds is 7. The average molecular weight is 348 g/mol. The smallest absolute Gasteiger partial charge is 0.328 e. The SMILES string of the molecule is CNCCCNc1ncc2[nH]c(=O)n(Cc3cccc(F)c3F)c2n1. The molecule has 0 radical (unpaired) electrons. The monoisotopic (exact) mass is 348 g/mol. The number of hydrogen-bond donors (Lipinski definition) is 3. The molecule has 1 aromatic carbocycles. The third kappa shape index (κ3) is 3.66. The van der Waals surface area contributed by atoms with Gasteiger partial charge >= 0.3 is 5.69 Å². The topological polar surface area (TPSA) is 87.6 Å². The molecule has 9 heteroatoms. The molecule has 132 valence electrons. The van der Waals surface area contributed by atoms with Gasteiger partial charge in [-0.25, -0.2) is 18.6 Å². The van der Waals surface area contributed by atoms with Gasteiger partial charge in [0.05, 0.1) is 12.7 Å². The highest BCUT2D eigenvalue weighted by atomic mass is 19.2. The van der Waals surface area contributed by atoms with Gasteiger partial charge in [-0.2, -0.15) is 4.98 Å². The highest BCUT2D eigenvalue weighted by Gasteiger charge is 2.14. The van der Waals surface area contributed by atoms with Crippen molar-refractivity contribution in [3.63, 3.8) is 0 Å². The van der Waals surface area contributed by atoms with Crippen LogP contribution in [0.5, 0.6) is 0 Å². The number of nitrogens with one attached hydrogen (secondary N) is 3. The molecule has 0 unspecified atom stereocenters. The molecule has 0 amide bonds. The summed E-state index contributed by atoms with van der Waals surface area (Å²) in [5.74, 6) is -1.55. The highest BCUT2D eigenvalue weighted by molar-refractivity contribution is 5.71. The van der Waals surface area contributed by atoms with Crippen LogP contribution in [0.4, 0.5) is 14.7 Å². The van der Waals surface area contributed by atoms with E-state index in [0.717, 1.165) is 19.0 Å². The Bertz CT molecular complexity index is 936. The van der Waals surface area contributed by atoms with E-state index >= 15 is 0 Å². The van der Waals surface area contributed by atoms with Crippen LogP contribution in [-0.4, -0.2) is 39.7 Å². The molecule has 3 N–H and O–H groups in total. The number of aromatic nitrogens is 4. The second kappa shape index (κ2) is 7.39. The lowest BCUT2D eigenvalue weighted by atomic mass is 10.2. The number of benzene rings is 1. The lowest BCUT2D eigenvalue weighted by molar-refractivity contribution is 0.495. The Labute approximate surface area is 142 Å². The fraction of sp³-hybridized carbons (Fsp3) is 0.312. The number of fused-ring (bicyclic) bond motifs is 1. The van der Waals surface area contributed by atoms with Crippen molar-refractivity contribution in [1.29, 1.82) is 0 Å². The zero-order chi connectivity index (χ0) is 17.8. The first-order valence-electron chi connectivity index (χ1n) is 7.87. The molecule has 0 spiro atoms. The normalized spacial score (nSPS) is 11.2. The molecule has 0 saturated heterocycles. The van der Waals surface area contributed by atoms with Crippen molar-refractivity contribution >= 4 is 17.1 Å². The predicted octanol–water partition coefficient (Wildman–Crippen LogP) is 1.47. The first-order chi connectivity index (χ1) is 12.1. The highest BCUT2D eigenvalue weighted by Crippen LogP contribution is 2.15. The lowest BCUT2D eigenvalue weighted by Gasteiger charge is -2.07. The van der Waals surface area contributed by atoms with Crippen molar-refractivity contribution < 1.29 is 8.78 Å². The molecule has 0 atom stereocenters. The average Bonchev–Trinajstić information content (AvgIpc) is 2.91. The largest absolute Gasteiger partial charge is 0.354 e. The Morgan fingerprint density at radius 3 is 2.92 bits per heavy atom. The number of nitrogens with zero attached hydrogens (tertiary/aromatic N) is 3. The molecule has 3 aromatic rings. The third-order valence-corrected chi connectivity index (χ3v) is 3.76. The number of hydrogen-bond acceptors (Lipinski definition) is 5. The van der Waals surface area contributed by atoms with E-state index in [-0.39, 0.29) is 12.1 Å². The molecule has 3 rings (SSSR count). The van der Waals surface area contributed by atoms with Gasteiger partial charge in [0.25, 0.3) is 0 Å². The van der Waals surface area contributed by atoms with Crippen LogP contribution in [0.2, 0.25) is 0 Å². The molecule has 0 aliphatic rings. The third-order valence-electron chi connectivity index (χ3n) is 3.76. The summed E-state index contributed by atoms with van der Waals surface area (Å²) < 4.78 is 28.5. The second-order valence-corrected chi connectivity index (χ2v) is 5.54. The van der Waals surface area contributed by atoms with E-state index in [1.54, 1.807) is 0 Å². The van der Waals surface area contributed by atoms with E-state index in [4.69, 9.17) is 0 Å². The van der Waals surface area contributed by atoms with Gasteiger partial charge in [-0.1, -0.05) is 12.1 Å². The summed E-state index contributed by atoms with van der Waals surface area (Å²) >= 11 is 0. The van der Waals surface area contributed by atoms with E-state index in [1.807, 2.05) is 7.05 Å². The summed E-state index contributed by atoms with van der Waals surface area (Å²) in [5.41, 5.74) is 0.382. The minimum Gasteiger partial charge on any atom is -0.354 e. The fourth-order valence-electron chi connectivity index (χ4n) is 2.48. The molecule has 25 heavy (non-hydrogen) atoms. The fourth-order valence-corrected chi connectivity index (χ4v) is 2.48. The molecular weight excluding hydrogens is 330 g/mol. The van der Waals surface area contributed by atoms with Gasteiger partial charge < -0.3 is 15.6 Å². The predicted molar refractivity (Wildman–Crippen MR) is 90.6 cm³/mol. The van der Waals surface area contributed by atoms with E-state index in [9.17, 15) is 13.6 Å². The van der Waals surface area contributed by atoms with Crippen LogP contribution in [0.1, 0.15) is 12.0 Å². The van der Waals surface area contributed by atoms with Crippen molar-refractivity contribution in [3.8, 4) is 0 Å². The minimum absolute atomic E-state index is 0.0742. The Balaban J connectivity index is 1.90. The van der Waals surface area contributed by atoms with Crippen molar-refractivity contribution in [1.82, 2.24) is 24.8 Å². The standard InChI is InChI=1S/C16H18F2N6O/c1-19-6-3-7-20-15-21-8-12-14(23-15)24(16(25)22-12)9-10-4-2-5-11(17)13(10)18/h2,4-5,8,19H,3,6-7,9H2,1H3,(H,22,25)(H,20,21,23). The number of aromatic amines is 1. The zero-order valence-electron chi connectivity index (χ0n) is 13.6. The van der Waals surface area contributed by atoms with Crippen LogP contribution < -0.4 is 16.3 Å². The van der Waals surface area contributed by atoms with Gasteiger partial charge in [-0.05, 0) is 26.1 Å². The van der Waals surface area contributed by atoms with Crippen molar-refractivity contribution in [3.05, 3.63) is 52.1 Å². The maximum atomic E-state index is 13.9. The van der Waals surface area contributed by atoms with Crippen LogP contribution >= 0.6 is 0 Å². The van der Waals surface area contributed by atoms with E-state index in [0.29, 0.717) is 23.7 Å². The van der Waals surface area contributed by atoms with Crippen LogP contribution in [0, 0.1) is 11.6 Å². The number of imidazole rings is 1. The van der Waals surface area contributed by atoms with Crippen LogP contribution in [-0.2, 0) is 6.54 Å². The van der Waals surface area contributed by atoms with Crippen molar-refractivity contribution in [2.75, 3.05) is 25.5 Å². The Morgan fingerprint density at radius 2 is 2.12 bits per heavy atom. The number of H-pyrrole nitrogens is 1. The first-order valence-corrected chi connectivity index (χ1v) is 7.87. The molecule has 0 saturated carbocycles. The van der Waals surface area contributed by atoms with Gasteiger partial charge in [0.15, 0.2) is 17.3 Å². The first kappa shape index (κ1) is 17.0. The minimum atomic E-state index is -0.969. The van der Waals surface area contributed by atoms with Crippen LogP contribution in [0.25, 0.3) is 11.2 Å². The molecule has 0 fully saturated rings. The van der Waals surface area contributed by atoms with Crippen LogP contribution in [0.15, 0.2) is 29.2 Å². The van der Waals surface area contributed by atoms with E-state index in [2.05, 4.69) is 25.6 Å². The Kier molecular flexibility index (Phi) is 5.03. The van der Waals surface area contributed by atoms with Crippen molar-refractivity contribution in [2.45, 2.75) is 13.0 Å². The Morgan fingerprint density at radius 1 is 1.28 bits per heavy atom. The molecule has 0 bridgehead atoms. The molecule has 0 aliphatic heterocycles. The number of halogens is 2. The van der Waals surface area contributed by atoms with E-state index in [1.165, 1.54) is 22.9 Å². The second-order valence-electron chi connectivity index (χ2n) is 5.54. The molecule has 2 heterocycles. The van der Waals surface area contributed by atoms with Gasteiger partial charge in [-0.15, -0.1) is 0 Å². The molecule has 7 nitrogen and oxygen atoms in total. The van der Waals surface area contributed by atoms with Gasteiger partial charge in [-0.3, -0.25) is 4.57 Å². The summed E-state index contributed by atoms with van der Waals surface area (Å²) in [6.07, 6.45) is 2.37. The molecule has 2 aromatic heterocycles. The summed E-state index contributed by atoms with van der Waals surface area (Å²) in [6.45, 7) is 1.39. The van der Waals surface area contributed by atoms with Crippen LogP contribution in [0.3, 0.4) is 0 Å². The van der Waals surface area contributed by atoms with Gasteiger partial charge in [0.1, 0.15) is 5.52 Å². The quantitative estimate of drug-likeness (QED) is 0.563. The molecular formula is C16H18F2N6O. The zero-order valence-corrected chi connectivity index (χ0v) is 13.6. The molecule has 0 aliphatic carbocycles. The summed E-state index contributed by atoms with van der Waals surface area (Å²) in [4.78, 5) is 23.2. The van der Waals surface area contributed by atoms with E-state index < -0.39 is 17.3 Å². The van der Waals surface area contributed by atoms with Gasteiger partial charge in [0, 0.05) is 12.1 Å². The lowest BCUT2D eigenvalue weighted by Crippen LogP contribution is -2.19. The maximum absolute atomic E-state index is 13.9. The van der Waals surface area contributed by atoms with Crippen molar-refractivity contribution in [2.24, 2.45) is 0 Å². The Hall–Kier alpha value is -2.81. The van der Waals surface area contributed by atoms with Gasteiger partial charge in [0.2, 0.25) is 5.95 Å². The summed E-state index contributed by atoms with van der Waals surface area (Å²) in [5, 5.41) is 6.10. The number of anilines is 1.